The third-order valence-electron chi connectivity index (χ3n) is 7.20. The van der Waals surface area contributed by atoms with Gasteiger partial charge in [-0.25, -0.2) is 4.98 Å². The normalized spacial score (nSPS) is 17.7. The molecule has 0 unspecified atom stereocenters. The van der Waals surface area contributed by atoms with Crippen LogP contribution in [0.1, 0.15) is 56.6 Å². The first-order valence-corrected chi connectivity index (χ1v) is 13.5. The molecule has 0 bridgehead atoms. The summed E-state index contributed by atoms with van der Waals surface area (Å²) in [5, 5.41) is 20.1. The predicted molar refractivity (Wildman–Crippen MR) is 152 cm³/mol. The van der Waals surface area contributed by atoms with Gasteiger partial charge in [-0.1, -0.05) is 37.6 Å². The molecule has 0 fully saturated rings. The third-order valence-corrected chi connectivity index (χ3v) is 7.43. The highest BCUT2D eigenvalue weighted by Gasteiger charge is 2.41. The van der Waals surface area contributed by atoms with Gasteiger partial charge in [0.05, 0.1) is 26.8 Å². The van der Waals surface area contributed by atoms with Gasteiger partial charge in [0.1, 0.15) is 23.4 Å². The molecule has 1 aliphatic heterocycles. The van der Waals surface area contributed by atoms with Crippen LogP contribution in [0.15, 0.2) is 47.0 Å². The number of hydrogen-bond acceptors (Lipinski definition) is 8. The number of ether oxygens (including phenoxy) is 3. The van der Waals surface area contributed by atoms with E-state index in [4.69, 9.17) is 30.2 Å². The zero-order valence-electron chi connectivity index (χ0n) is 23.9. The number of carbonyl (C=O) groups is 2. The minimum Gasteiger partial charge on any atom is -0.493 e. The van der Waals surface area contributed by atoms with Crippen molar-refractivity contribution in [3.63, 3.8) is 0 Å². The molecule has 0 radical (unpaired) electrons. The largest absolute Gasteiger partial charge is 0.493 e. The Morgan fingerprint density at radius 2 is 1.85 bits per heavy atom. The number of aliphatic carboxylic acids is 1. The molecule has 2 atom stereocenters. The number of aromatic nitrogens is 1. The first-order chi connectivity index (χ1) is 19.3. The van der Waals surface area contributed by atoms with Crippen molar-refractivity contribution in [1.82, 2.24) is 4.98 Å². The molecule has 4 rings (SSSR count). The summed E-state index contributed by atoms with van der Waals surface area (Å²) >= 11 is 6.47. The summed E-state index contributed by atoms with van der Waals surface area (Å²) in [5.41, 5.74) is -0.171. The fourth-order valence-electron chi connectivity index (χ4n) is 4.66. The first-order valence-electron chi connectivity index (χ1n) is 13.1. The summed E-state index contributed by atoms with van der Waals surface area (Å²) in [6, 6.07) is 10.6. The van der Waals surface area contributed by atoms with Crippen molar-refractivity contribution in [2.45, 2.75) is 51.7 Å². The molecule has 10 nitrogen and oxygen atoms in total. The average Bonchev–Trinajstić information content (AvgIpc) is 3.39. The number of oxazole rings is 1. The van der Waals surface area contributed by atoms with E-state index in [0.29, 0.717) is 33.3 Å². The molecular formula is C30H35ClN2O8. The minimum atomic E-state index is -1.32. The fourth-order valence-corrected chi connectivity index (χ4v) is 4.84. The van der Waals surface area contributed by atoms with Crippen LogP contribution in [-0.2, 0) is 26.2 Å². The number of carboxylic acid groups (broad SMARTS) is 1. The highest BCUT2D eigenvalue weighted by atomic mass is 35.5. The summed E-state index contributed by atoms with van der Waals surface area (Å²) in [7, 11) is 3.05. The van der Waals surface area contributed by atoms with Crippen LogP contribution in [0.2, 0.25) is 5.02 Å². The average molecular weight is 587 g/mol. The van der Waals surface area contributed by atoms with Crippen molar-refractivity contribution in [3.05, 3.63) is 70.4 Å². The molecule has 220 valence electrons. The van der Waals surface area contributed by atoms with Gasteiger partial charge in [-0.05, 0) is 38.1 Å². The summed E-state index contributed by atoms with van der Waals surface area (Å²) in [6.45, 7) is 6.75. The molecule has 1 aromatic heterocycles. The number of anilines is 1. The second kappa shape index (κ2) is 11.7. The maximum Gasteiger partial charge on any atom is 0.316 e. The van der Waals surface area contributed by atoms with Gasteiger partial charge in [-0.2, -0.15) is 0 Å². The van der Waals surface area contributed by atoms with Crippen molar-refractivity contribution in [3.8, 4) is 11.5 Å². The second-order valence-corrected chi connectivity index (χ2v) is 11.7. The number of aliphatic hydroxyl groups is 1. The zero-order valence-corrected chi connectivity index (χ0v) is 24.7. The van der Waals surface area contributed by atoms with Gasteiger partial charge in [0.15, 0.2) is 17.4 Å². The topological polar surface area (TPSA) is 132 Å². The Morgan fingerprint density at radius 3 is 2.49 bits per heavy atom. The zero-order chi connectivity index (χ0) is 30.1. The lowest BCUT2D eigenvalue weighted by atomic mass is 9.91. The Morgan fingerprint density at radius 1 is 1.12 bits per heavy atom. The lowest BCUT2D eigenvalue weighted by Gasteiger charge is -2.32. The molecule has 2 heterocycles. The maximum atomic E-state index is 14.2. The number of halogens is 1. The van der Waals surface area contributed by atoms with E-state index in [1.54, 1.807) is 35.2 Å². The Labute approximate surface area is 243 Å². The maximum absolute atomic E-state index is 14.2. The van der Waals surface area contributed by atoms with Crippen LogP contribution in [0, 0.1) is 5.41 Å². The molecule has 11 heteroatoms. The van der Waals surface area contributed by atoms with E-state index >= 15 is 0 Å². The smallest absolute Gasteiger partial charge is 0.316 e. The number of aliphatic hydroxyl groups excluding tert-OH is 1. The van der Waals surface area contributed by atoms with Gasteiger partial charge in [0.25, 0.3) is 5.91 Å². The van der Waals surface area contributed by atoms with E-state index < -0.39 is 29.0 Å². The number of rotatable bonds is 10. The molecule has 41 heavy (non-hydrogen) atoms. The van der Waals surface area contributed by atoms with E-state index in [-0.39, 0.29) is 37.1 Å². The van der Waals surface area contributed by atoms with Gasteiger partial charge in [0, 0.05) is 40.4 Å². The molecule has 0 spiro atoms. The number of para-hydroxylation sites is 1. The Kier molecular flexibility index (Phi) is 8.67. The minimum absolute atomic E-state index is 0.0743. The number of nitrogens with zero attached hydrogens (tertiary/aromatic N) is 2. The van der Waals surface area contributed by atoms with Crippen LogP contribution in [0.25, 0.3) is 0 Å². The summed E-state index contributed by atoms with van der Waals surface area (Å²) in [6.07, 6.45) is -0.644. The Hall–Kier alpha value is -3.60. The summed E-state index contributed by atoms with van der Waals surface area (Å²) < 4.78 is 23.7. The van der Waals surface area contributed by atoms with Gasteiger partial charge < -0.3 is 33.7 Å². The molecule has 3 aromatic rings. The predicted octanol–water partition coefficient (Wildman–Crippen LogP) is 4.79. The van der Waals surface area contributed by atoms with Crippen LogP contribution in [0.5, 0.6) is 11.5 Å². The first kappa shape index (κ1) is 30.4. The molecule has 1 aliphatic rings. The number of carbonyl (C=O) groups excluding carboxylic acids is 1. The summed E-state index contributed by atoms with van der Waals surface area (Å²) in [4.78, 5) is 31.8. The van der Waals surface area contributed by atoms with Gasteiger partial charge in [-0.3, -0.25) is 9.59 Å². The van der Waals surface area contributed by atoms with E-state index in [0.717, 1.165) is 0 Å². The summed E-state index contributed by atoms with van der Waals surface area (Å²) in [5.74, 6) is -0.234. The van der Waals surface area contributed by atoms with Crippen molar-refractivity contribution < 1.29 is 38.4 Å². The molecule has 0 saturated carbocycles. The fraction of sp³-hybridized carbons (Fsp3) is 0.433. The van der Waals surface area contributed by atoms with Crippen LogP contribution in [0.3, 0.4) is 0 Å². The Balaban J connectivity index is 1.88. The number of benzene rings is 2. The van der Waals surface area contributed by atoms with Crippen molar-refractivity contribution in [2.75, 3.05) is 32.3 Å². The monoisotopic (exact) mass is 586 g/mol. The van der Waals surface area contributed by atoms with Gasteiger partial charge in [-0.15, -0.1) is 0 Å². The van der Waals surface area contributed by atoms with E-state index in [1.165, 1.54) is 34.3 Å². The molecule has 0 saturated heterocycles. The number of carboxylic acids is 1. The van der Waals surface area contributed by atoms with Crippen molar-refractivity contribution in [1.29, 1.82) is 0 Å². The molecular weight excluding hydrogens is 552 g/mol. The third kappa shape index (κ3) is 6.05. The number of methoxy groups -OCH3 is 2. The number of fused-ring (bicyclic) bond motifs is 1. The van der Waals surface area contributed by atoms with Gasteiger partial charge in [0.2, 0.25) is 0 Å². The SMILES string of the molecule is COc1cccc([C@H]2O[C@H](Cc3ncc(C(C)(C)C(=O)O)o3)C(=O)N(CC(C)(C)CO)c3ccc(Cl)cc32)c1OC. The van der Waals surface area contributed by atoms with Crippen LogP contribution < -0.4 is 14.4 Å². The highest BCUT2D eigenvalue weighted by molar-refractivity contribution is 6.30. The standard InChI is InChI=1S/C30H35ClN2O8/c1-29(2,16-34)15-33-20-11-10-17(31)12-19(20)25(18-8-7-9-21(38-5)26(18)39-6)40-22(27(33)35)13-24-32-14-23(41-24)30(3,4)28(36)37/h7-12,14,22,25,34H,13,15-16H2,1-6H3,(H,36,37)/t22-,25-/m1/s1. The van der Waals surface area contributed by atoms with E-state index in [9.17, 15) is 19.8 Å². The van der Waals surface area contributed by atoms with Crippen LogP contribution >= 0.6 is 11.6 Å². The quantitative estimate of drug-likeness (QED) is 0.344. The molecule has 2 N–H and O–H groups in total. The van der Waals surface area contributed by atoms with Crippen molar-refractivity contribution >= 4 is 29.2 Å². The number of hydrogen-bond donors (Lipinski definition) is 2. The molecule has 1 amide bonds. The Bertz CT molecular complexity index is 1430. The van der Waals surface area contributed by atoms with Crippen LogP contribution in [0.4, 0.5) is 5.69 Å². The lowest BCUT2D eigenvalue weighted by molar-refractivity contribution is -0.143. The molecule has 2 aromatic carbocycles. The number of amides is 1. The van der Waals surface area contributed by atoms with E-state index in [1.807, 2.05) is 19.9 Å². The highest BCUT2D eigenvalue weighted by Crippen LogP contribution is 2.45. The van der Waals surface area contributed by atoms with E-state index in [2.05, 4.69) is 4.98 Å². The molecule has 0 aliphatic carbocycles. The van der Waals surface area contributed by atoms with Crippen molar-refractivity contribution in [2.24, 2.45) is 5.41 Å². The second-order valence-electron chi connectivity index (χ2n) is 11.3. The lowest BCUT2D eigenvalue weighted by Crippen LogP contribution is -2.46. The van der Waals surface area contributed by atoms with Crippen LogP contribution in [-0.4, -0.2) is 60.5 Å². The van der Waals surface area contributed by atoms with Gasteiger partial charge >= 0.3 is 5.97 Å².